The van der Waals surface area contributed by atoms with E-state index in [2.05, 4.69) is 11.1 Å². The fourth-order valence-corrected chi connectivity index (χ4v) is 3.11. The van der Waals surface area contributed by atoms with Gasteiger partial charge in [-0.1, -0.05) is 18.2 Å². The Bertz CT molecular complexity index is 868. The number of anilines is 1. The Morgan fingerprint density at radius 1 is 1.21 bits per heavy atom. The Morgan fingerprint density at radius 2 is 1.93 bits per heavy atom. The number of nitriles is 1. The minimum absolute atomic E-state index is 0.0449. The smallest absolute Gasteiger partial charge is 0.417 e. The molecule has 1 saturated heterocycles. The Labute approximate surface area is 160 Å². The van der Waals surface area contributed by atoms with Crippen molar-refractivity contribution in [2.75, 3.05) is 18.0 Å². The molecular formula is C20H18F3N3O2. The van der Waals surface area contributed by atoms with Crippen LogP contribution in [0.5, 0.6) is 0 Å². The van der Waals surface area contributed by atoms with E-state index >= 15 is 0 Å². The highest BCUT2D eigenvalue weighted by Crippen LogP contribution is 2.30. The zero-order chi connectivity index (χ0) is 20.1. The van der Waals surface area contributed by atoms with Crippen LogP contribution in [-0.4, -0.2) is 24.0 Å². The van der Waals surface area contributed by atoms with E-state index in [-0.39, 0.29) is 18.5 Å². The average molecular weight is 389 g/mol. The van der Waals surface area contributed by atoms with Gasteiger partial charge in [-0.05, 0) is 31.0 Å². The third-order valence-electron chi connectivity index (χ3n) is 4.74. The molecule has 1 aromatic carbocycles. The van der Waals surface area contributed by atoms with Crippen LogP contribution in [0.3, 0.4) is 0 Å². The van der Waals surface area contributed by atoms with E-state index in [9.17, 15) is 18.0 Å². The van der Waals surface area contributed by atoms with Gasteiger partial charge in [-0.2, -0.15) is 18.4 Å². The number of halogens is 3. The van der Waals surface area contributed by atoms with Crippen molar-refractivity contribution in [2.24, 2.45) is 5.92 Å². The molecular weight excluding hydrogens is 371 g/mol. The van der Waals surface area contributed by atoms with E-state index in [1.54, 1.807) is 24.3 Å². The van der Waals surface area contributed by atoms with Crippen molar-refractivity contribution in [1.82, 2.24) is 4.98 Å². The van der Waals surface area contributed by atoms with E-state index in [1.807, 2.05) is 4.90 Å². The summed E-state index contributed by atoms with van der Waals surface area (Å²) in [6.07, 6.45) is -2.53. The highest BCUT2D eigenvalue weighted by molar-refractivity contribution is 5.73. The molecule has 0 atom stereocenters. The summed E-state index contributed by atoms with van der Waals surface area (Å²) >= 11 is 0. The summed E-state index contributed by atoms with van der Waals surface area (Å²) in [5.41, 5.74) is 0.343. The lowest BCUT2D eigenvalue weighted by molar-refractivity contribution is -0.150. The Hall–Kier alpha value is -3.08. The molecule has 8 heteroatoms. The van der Waals surface area contributed by atoms with Crippen LogP contribution in [0, 0.1) is 17.2 Å². The molecule has 2 aromatic rings. The zero-order valence-electron chi connectivity index (χ0n) is 14.9. The molecule has 28 heavy (non-hydrogen) atoms. The summed E-state index contributed by atoms with van der Waals surface area (Å²) in [6, 6.07) is 11.3. The Morgan fingerprint density at radius 3 is 2.54 bits per heavy atom. The second kappa shape index (κ2) is 8.30. The number of nitrogens with zero attached hydrogens (tertiary/aromatic N) is 3. The number of hydrogen-bond donors (Lipinski definition) is 0. The number of alkyl halides is 3. The molecule has 2 heterocycles. The predicted molar refractivity (Wildman–Crippen MR) is 95.1 cm³/mol. The third-order valence-corrected chi connectivity index (χ3v) is 4.74. The Balaban J connectivity index is 1.52. The monoisotopic (exact) mass is 389 g/mol. The highest BCUT2D eigenvalue weighted by atomic mass is 19.4. The lowest BCUT2D eigenvalue weighted by Gasteiger charge is -2.31. The van der Waals surface area contributed by atoms with E-state index in [4.69, 9.17) is 10.00 Å². The van der Waals surface area contributed by atoms with Crippen molar-refractivity contribution in [3.8, 4) is 6.07 Å². The van der Waals surface area contributed by atoms with Crippen LogP contribution in [0.25, 0.3) is 0 Å². The number of esters is 1. The number of aromatic nitrogens is 1. The first-order chi connectivity index (χ1) is 13.4. The van der Waals surface area contributed by atoms with Crippen molar-refractivity contribution in [3.05, 3.63) is 59.3 Å². The van der Waals surface area contributed by atoms with Gasteiger partial charge in [0.25, 0.3) is 0 Å². The highest BCUT2D eigenvalue weighted by Gasteiger charge is 2.31. The normalized spacial score (nSPS) is 15.1. The molecule has 0 spiro atoms. The topological polar surface area (TPSA) is 66.2 Å². The van der Waals surface area contributed by atoms with Gasteiger partial charge in [0, 0.05) is 24.8 Å². The van der Waals surface area contributed by atoms with Gasteiger partial charge in [0.05, 0.1) is 23.1 Å². The predicted octanol–water partition coefficient (Wildman–Crippen LogP) is 3.93. The second-order valence-corrected chi connectivity index (χ2v) is 6.54. The number of piperidine rings is 1. The van der Waals surface area contributed by atoms with Crippen molar-refractivity contribution >= 4 is 11.8 Å². The van der Waals surface area contributed by atoms with Crippen molar-refractivity contribution in [3.63, 3.8) is 0 Å². The van der Waals surface area contributed by atoms with Crippen LogP contribution in [0.2, 0.25) is 0 Å². The molecule has 3 rings (SSSR count). The van der Waals surface area contributed by atoms with Crippen LogP contribution < -0.4 is 4.90 Å². The first-order valence-electron chi connectivity index (χ1n) is 8.81. The summed E-state index contributed by atoms with van der Waals surface area (Å²) in [7, 11) is 0. The number of hydrogen-bond acceptors (Lipinski definition) is 5. The van der Waals surface area contributed by atoms with Crippen LogP contribution >= 0.6 is 0 Å². The molecule has 1 fully saturated rings. The SMILES string of the molecule is N#Cc1ccccc1COC(=O)C1CCN(c2ccc(C(F)(F)F)cn2)CC1. The minimum Gasteiger partial charge on any atom is -0.461 e. The summed E-state index contributed by atoms with van der Waals surface area (Å²) in [6.45, 7) is 1.06. The molecule has 0 amide bonds. The quantitative estimate of drug-likeness (QED) is 0.742. The maximum Gasteiger partial charge on any atom is 0.417 e. The van der Waals surface area contributed by atoms with Gasteiger partial charge in [-0.25, -0.2) is 4.98 Å². The van der Waals surface area contributed by atoms with Crippen LogP contribution in [0.15, 0.2) is 42.6 Å². The average Bonchev–Trinajstić information content (AvgIpc) is 2.72. The van der Waals surface area contributed by atoms with Crippen LogP contribution in [0.1, 0.15) is 29.5 Å². The molecule has 0 N–H and O–H groups in total. The van der Waals surface area contributed by atoms with E-state index < -0.39 is 11.7 Å². The van der Waals surface area contributed by atoms with Gasteiger partial charge in [-0.3, -0.25) is 4.79 Å². The minimum atomic E-state index is -4.41. The van der Waals surface area contributed by atoms with Gasteiger partial charge in [0.2, 0.25) is 0 Å². The van der Waals surface area contributed by atoms with Gasteiger partial charge < -0.3 is 9.64 Å². The molecule has 0 saturated carbocycles. The van der Waals surface area contributed by atoms with Crippen molar-refractivity contribution in [2.45, 2.75) is 25.6 Å². The van der Waals surface area contributed by atoms with Crippen LogP contribution in [0.4, 0.5) is 19.0 Å². The number of ether oxygens (including phenoxy) is 1. The van der Waals surface area contributed by atoms with E-state index in [0.717, 1.165) is 12.3 Å². The molecule has 1 aliphatic rings. The molecule has 0 aliphatic carbocycles. The second-order valence-electron chi connectivity index (χ2n) is 6.54. The molecule has 0 bridgehead atoms. The van der Waals surface area contributed by atoms with Crippen molar-refractivity contribution in [1.29, 1.82) is 5.26 Å². The number of carbonyl (C=O) groups excluding carboxylic acids is 1. The van der Waals surface area contributed by atoms with Gasteiger partial charge in [0.1, 0.15) is 12.4 Å². The van der Waals surface area contributed by atoms with E-state index in [0.29, 0.717) is 42.9 Å². The lowest BCUT2D eigenvalue weighted by Crippen LogP contribution is -2.37. The fourth-order valence-electron chi connectivity index (χ4n) is 3.11. The maximum absolute atomic E-state index is 12.6. The maximum atomic E-state index is 12.6. The molecule has 0 radical (unpaired) electrons. The number of rotatable bonds is 4. The third kappa shape index (κ3) is 4.60. The summed E-state index contributed by atoms with van der Waals surface area (Å²) in [4.78, 5) is 18.1. The van der Waals surface area contributed by atoms with Gasteiger partial charge in [0.15, 0.2) is 0 Å². The first kappa shape index (κ1) is 19.7. The zero-order valence-corrected chi connectivity index (χ0v) is 14.9. The molecule has 146 valence electrons. The molecule has 5 nitrogen and oxygen atoms in total. The number of carbonyl (C=O) groups is 1. The fraction of sp³-hybridized carbons (Fsp3) is 0.350. The van der Waals surface area contributed by atoms with Gasteiger partial charge in [-0.15, -0.1) is 0 Å². The van der Waals surface area contributed by atoms with Crippen molar-refractivity contribution < 1.29 is 22.7 Å². The standard InChI is InChI=1S/C20H18F3N3O2/c21-20(22,23)17-5-6-18(25-12-17)26-9-7-14(8-10-26)19(27)28-13-16-4-2-1-3-15(16)11-24/h1-6,12,14H,7-10,13H2. The summed E-state index contributed by atoms with van der Waals surface area (Å²) in [5.74, 6) is -0.143. The Kier molecular flexibility index (Phi) is 5.83. The van der Waals surface area contributed by atoms with E-state index in [1.165, 1.54) is 6.07 Å². The molecule has 1 aromatic heterocycles. The molecule has 1 aliphatic heterocycles. The van der Waals surface area contributed by atoms with Crippen LogP contribution in [-0.2, 0) is 22.3 Å². The summed E-state index contributed by atoms with van der Waals surface area (Å²) < 4.78 is 43.2. The molecule has 0 unspecified atom stereocenters. The number of benzene rings is 1. The van der Waals surface area contributed by atoms with Gasteiger partial charge >= 0.3 is 12.1 Å². The number of pyridine rings is 1. The lowest BCUT2D eigenvalue weighted by atomic mass is 9.97. The first-order valence-corrected chi connectivity index (χ1v) is 8.81. The largest absolute Gasteiger partial charge is 0.461 e. The summed E-state index contributed by atoms with van der Waals surface area (Å²) in [5, 5.41) is 9.07.